The molecular formula is C22H30N2O. The van der Waals surface area contributed by atoms with Crippen molar-refractivity contribution >= 4 is 0 Å². The maximum absolute atomic E-state index is 5.21. The lowest BCUT2D eigenvalue weighted by atomic mass is 10.0. The van der Waals surface area contributed by atoms with E-state index in [4.69, 9.17) is 9.72 Å². The number of nitrogens with zero attached hydrogens (tertiary/aromatic N) is 1. The topological polar surface area (TPSA) is 34.1 Å². The van der Waals surface area contributed by atoms with Crippen molar-refractivity contribution in [1.29, 1.82) is 0 Å². The monoisotopic (exact) mass is 338 g/mol. The Kier molecular flexibility index (Phi) is 6.46. The molecule has 3 nitrogen and oxygen atoms in total. The fourth-order valence-corrected chi connectivity index (χ4v) is 3.72. The Bertz CT molecular complexity index is 647. The van der Waals surface area contributed by atoms with Crippen molar-refractivity contribution in [2.24, 2.45) is 0 Å². The summed E-state index contributed by atoms with van der Waals surface area (Å²) in [6.07, 6.45) is 7.37. The van der Waals surface area contributed by atoms with E-state index in [1.165, 1.54) is 42.6 Å². The summed E-state index contributed by atoms with van der Waals surface area (Å²) in [6, 6.07) is 15.3. The fourth-order valence-electron chi connectivity index (χ4n) is 3.72. The number of pyridine rings is 1. The molecule has 1 aliphatic rings. The van der Waals surface area contributed by atoms with Crippen molar-refractivity contribution in [1.82, 2.24) is 10.3 Å². The van der Waals surface area contributed by atoms with Crippen LogP contribution in [0.15, 0.2) is 42.5 Å². The van der Waals surface area contributed by atoms with E-state index < -0.39 is 0 Å². The molecule has 25 heavy (non-hydrogen) atoms. The molecule has 0 amide bonds. The van der Waals surface area contributed by atoms with Gasteiger partial charge < -0.3 is 10.1 Å². The van der Waals surface area contributed by atoms with Gasteiger partial charge in [-0.1, -0.05) is 31.0 Å². The van der Waals surface area contributed by atoms with Gasteiger partial charge in [-0.25, -0.2) is 0 Å². The molecule has 1 atom stereocenters. The van der Waals surface area contributed by atoms with E-state index in [0.717, 1.165) is 25.1 Å². The zero-order valence-electron chi connectivity index (χ0n) is 15.5. The van der Waals surface area contributed by atoms with Crippen molar-refractivity contribution in [3.05, 3.63) is 59.4 Å². The highest BCUT2D eigenvalue weighted by atomic mass is 16.5. The van der Waals surface area contributed by atoms with Gasteiger partial charge in [-0.2, -0.15) is 0 Å². The largest absolute Gasteiger partial charge is 0.497 e. The molecular weight excluding hydrogens is 308 g/mol. The Morgan fingerprint density at radius 3 is 2.60 bits per heavy atom. The molecule has 134 valence electrons. The minimum absolute atomic E-state index is 0.450. The number of methoxy groups -OCH3 is 1. The molecule has 0 aliphatic heterocycles. The van der Waals surface area contributed by atoms with Gasteiger partial charge in [-0.3, -0.25) is 4.98 Å². The second-order valence-corrected chi connectivity index (χ2v) is 7.19. The van der Waals surface area contributed by atoms with Crippen LogP contribution in [0.2, 0.25) is 0 Å². The first kappa shape index (κ1) is 17.9. The maximum Gasteiger partial charge on any atom is 0.118 e. The first-order chi connectivity index (χ1) is 12.2. The van der Waals surface area contributed by atoms with Crippen LogP contribution < -0.4 is 10.1 Å². The zero-order valence-corrected chi connectivity index (χ0v) is 15.5. The molecule has 3 rings (SSSR count). The van der Waals surface area contributed by atoms with Gasteiger partial charge >= 0.3 is 0 Å². The van der Waals surface area contributed by atoms with E-state index in [0.29, 0.717) is 12.0 Å². The first-order valence-corrected chi connectivity index (χ1v) is 9.57. The van der Waals surface area contributed by atoms with Gasteiger partial charge in [0.1, 0.15) is 5.75 Å². The summed E-state index contributed by atoms with van der Waals surface area (Å²) in [5.41, 5.74) is 3.86. The second kappa shape index (κ2) is 9.00. The van der Waals surface area contributed by atoms with Gasteiger partial charge in [0.25, 0.3) is 0 Å². The molecule has 2 aromatic rings. The van der Waals surface area contributed by atoms with Crippen LogP contribution in [0.25, 0.3) is 0 Å². The summed E-state index contributed by atoms with van der Waals surface area (Å²) in [6.45, 7) is 3.21. The van der Waals surface area contributed by atoms with Crippen LogP contribution >= 0.6 is 0 Å². The second-order valence-electron chi connectivity index (χ2n) is 7.19. The lowest BCUT2D eigenvalue weighted by Gasteiger charge is -2.15. The Morgan fingerprint density at radius 2 is 1.88 bits per heavy atom. The highest BCUT2D eigenvalue weighted by molar-refractivity contribution is 5.27. The third-order valence-electron chi connectivity index (χ3n) is 5.18. The van der Waals surface area contributed by atoms with E-state index in [9.17, 15) is 0 Å². The van der Waals surface area contributed by atoms with Gasteiger partial charge in [0.2, 0.25) is 0 Å². The number of benzene rings is 1. The van der Waals surface area contributed by atoms with Gasteiger partial charge in [0, 0.05) is 36.3 Å². The van der Waals surface area contributed by atoms with E-state index >= 15 is 0 Å². The van der Waals surface area contributed by atoms with Crippen molar-refractivity contribution in [2.45, 2.75) is 57.4 Å². The average Bonchev–Trinajstić information content (AvgIpc) is 3.17. The van der Waals surface area contributed by atoms with Crippen molar-refractivity contribution in [2.75, 3.05) is 13.7 Å². The molecule has 1 aromatic carbocycles. The number of nitrogens with one attached hydrogen (secondary N) is 1. The van der Waals surface area contributed by atoms with Crippen molar-refractivity contribution < 1.29 is 4.74 Å². The van der Waals surface area contributed by atoms with Gasteiger partial charge in [0.05, 0.1) is 7.11 Å². The highest BCUT2D eigenvalue weighted by Crippen LogP contribution is 2.32. The molecule has 0 unspecified atom stereocenters. The molecule has 0 spiro atoms. The summed E-state index contributed by atoms with van der Waals surface area (Å²) < 4.78 is 5.21. The van der Waals surface area contributed by atoms with Crippen LogP contribution in [0.5, 0.6) is 5.75 Å². The van der Waals surface area contributed by atoms with Gasteiger partial charge in [-0.15, -0.1) is 0 Å². The smallest absolute Gasteiger partial charge is 0.118 e. The molecule has 1 N–H and O–H groups in total. The normalized spacial score (nSPS) is 16.1. The number of hydrogen-bond acceptors (Lipinski definition) is 3. The Hall–Kier alpha value is -1.87. The SMILES string of the molecule is COc1ccc(C[C@@H](C)NCCc2cccc(C3CCCC3)n2)cc1. The van der Waals surface area contributed by atoms with E-state index in [2.05, 4.69) is 42.6 Å². The minimum atomic E-state index is 0.450. The predicted molar refractivity (Wildman–Crippen MR) is 103 cm³/mol. The molecule has 0 radical (unpaired) electrons. The van der Waals surface area contributed by atoms with Crippen molar-refractivity contribution in [3.63, 3.8) is 0 Å². The minimum Gasteiger partial charge on any atom is -0.497 e. The van der Waals surface area contributed by atoms with Gasteiger partial charge in [-0.05, 0) is 56.0 Å². The number of hydrogen-bond donors (Lipinski definition) is 1. The van der Waals surface area contributed by atoms with Crippen LogP contribution in [0.4, 0.5) is 0 Å². The Labute approximate surface area is 151 Å². The maximum atomic E-state index is 5.21. The number of aromatic nitrogens is 1. The van der Waals surface area contributed by atoms with Crippen LogP contribution in [0.3, 0.4) is 0 Å². The lowest BCUT2D eigenvalue weighted by Crippen LogP contribution is -2.30. The molecule has 1 aromatic heterocycles. The molecule has 3 heteroatoms. The summed E-state index contributed by atoms with van der Waals surface area (Å²) >= 11 is 0. The quantitative estimate of drug-likeness (QED) is 0.769. The fraction of sp³-hybridized carbons (Fsp3) is 0.500. The molecule has 1 fully saturated rings. The lowest BCUT2D eigenvalue weighted by molar-refractivity contribution is 0.414. The Morgan fingerprint density at radius 1 is 1.12 bits per heavy atom. The van der Waals surface area contributed by atoms with Gasteiger partial charge in [0.15, 0.2) is 0 Å². The summed E-state index contributed by atoms with van der Waals surface area (Å²) in [5, 5.41) is 3.63. The average molecular weight is 338 g/mol. The number of ether oxygens (including phenoxy) is 1. The molecule has 1 aliphatic carbocycles. The number of rotatable bonds is 8. The molecule has 1 saturated carbocycles. The standard InChI is InChI=1S/C22H30N2O/c1-17(16-18-10-12-21(25-2)13-11-18)23-15-14-20-8-5-9-22(24-20)19-6-3-4-7-19/h5,8-13,17,19,23H,3-4,6-7,14-16H2,1-2H3/t17-/m1/s1. The molecule has 1 heterocycles. The third kappa shape index (κ3) is 5.30. The van der Waals surface area contributed by atoms with Crippen LogP contribution in [-0.4, -0.2) is 24.7 Å². The molecule has 0 saturated heterocycles. The predicted octanol–water partition coefficient (Wildman–Crippen LogP) is 4.51. The first-order valence-electron chi connectivity index (χ1n) is 9.57. The van der Waals surface area contributed by atoms with E-state index in [-0.39, 0.29) is 0 Å². The molecule has 0 bridgehead atoms. The van der Waals surface area contributed by atoms with Crippen LogP contribution in [0, 0.1) is 0 Å². The van der Waals surface area contributed by atoms with Crippen molar-refractivity contribution in [3.8, 4) is 5.75 Å². The van der Waals surface area contributed by atoms with Crippen LogP contribution in [0.1, 0.15) is 55.5 Å². The zero-order chi connectivity index (χ0) is 17.5. The summed E-state index contributed by atoms with van der Waals surface area (Å²) in [7, 11) is 1.70. The third-order valence-corrected chi connectivity index (χ3v) is 5.18. The van der Waals surface area contributed by atoms with E-state index in [1.54, 1.807) is 7.11 Å². The summed E-state index contributed by atoms with van der Waals surface area (Å²) in [4.78, 5) is 4.90. The highest BCUT2D eigenvalue weighted by Gasteiger charge is 2.18. The Balaban J connectivity index is 1.44. The van der Waals surface area contributed by atoms with Crippen LogP contribution in [-0.2, 0) is 12.8 Å². The summed E-state index contributed by atoms with van der Waals surface area (Å²) in [5.74, 6) is 1.61. The van der Waals surface area contributed by atoms with E-state index in [1.807, 2.05) is 12.1 Å².